The lowest BCUT2D eigenvalue weighted by Crippen LogP contribution is -2.25. The molecule has 0 bridgehead atoms. The van der Waals surface area contributed by atoms with Crippen molar-refractivity contribution in [3.63, 3.8) is 0 Å². The monoisotopic (exact) mass is 255 g/mol. The normalized spacial score (nSPS) is 12.0. The van der Waals surface area contributed by atoms with Crippen molar-refractivity contribution in [1.29, 1.82) is 0 Å². The Bertz CT molecular complexity index is 378. The summed E-state index contributed by atoms with van der Waals surface area (Å²) in [4.78, 5) is 14.5. The van der Waals surface area contributed by atoms with Crippen molar-refractivity contribution in [1.82, 2.24) is 15.0 Å². The maximum absolute atomic E-state index is 5.88. The first-order valence-corrected chi connectivity index (χ1v) is 6.04. The van der Waals surface area contributed by atoms with Gasteiger partial charge < -0.3 is 10.2 Å². The average Bonchev–Trinajstić information content (AvgIpc) is 2.29. The second kappa shape index (κ2) is 6.39. The fraction of sp³-hybridized carbons (Fsp3) is 0.545. The summed E-state index contributed by atoms with van der Waals surface area (Å²) in [6, 6.07) is 0.0815. The molecule has 1 heterocycles. The predicted octanol–water partition coefficient (Wildman–Crippen LogP) is 2.36. The number of aromatic nitrogens is 3. The van der Waals surface area contributed by atoms with Gasteiger partial charge in [0, 0.05) is 19.1 Å². The highest BCUT2D eigenvalue weighted by Crippen LogP contribution is 2.14. The average molecular weight is 256 g/mol. The molecule has 1 atom stereocenters. The van der Waals surface area contributed by atoms with Gasteiger partial charge in [-0.1, -0.05) is 6.08 Å². The first-order valence-electron chi connectivity index (χ1n) is 5.66. The van der Waals surface area contributed by atoms with Crippen LogP contribution in [0.1, 0.15) is 20.8 Å². The van der Waals surface area contributed by atoms with Gasteiger partial charge in [0.2, 0.25) is 17.2 Å². The Morgan fingerprint density at radius 2 is 2.00 bits per heavy atom. The molecule has 1 aromatic rings. The zero-order valence-corrected chi connectivity index (χ0v) is 11.2. The standard InChI is InChI=1S/C11H18ClN5/c1-5-8(4)13-10-14-9(12)15-11(16-10)17(6-2)7-3/h5,8H,1,6-7H2,2-4H3,(H,13,14,15,16). The summed E-state index contributed by atoms with van der Waals surface area (Å²) in [5.41, 5.74) is 0. The lowest BCUT2D eigenvalue weighted by molar-refractivity contribution is 0.808. The minimum atomic E-state index is 0.0815. The molecule has 17 heavy (non-hydrogen) atoms. The molecule has 0 aromatic carbocycles. The van der Waals surface area contributed by atoms with Crippen LogP contribution in [0.3, 0.4) is 0 Å². The van der Waals surface area contributed by atoms with E-state index in [1.54, 1.807) is 6.08 Å². The Labute approximate surface area is 107 Å². The van der Waals surface area contributed by atoms with Crippen molar-refractivity contribution in [3.05, 3.63) is 17.9 Å². The molecule has 1 N–H and O–H groups in total. The summed E-state index contributed by atoms with van der Waals surface area (Å²) < 4.78 is 0. The topological polar surface area (TPSA) is 53.9 Å². The van der Waals surface area contributed by atoms with Crippen LogP contribution in [0.4, 0.5) is 11.9 Å². The number of halogens is 1. The van der Waals surface area contributed by atoms with E-state index < -0.39 is 0 Å². The molecule has 1 aromatic heterocycles. The Balaban J connectivity index is 2.96. The second-order valence-corrected chi connectivity index (χ2v) is 3.91. The van der Waals surface area contributed by atoms with Gasteiger partial charge >= 0.3 is 0 Å². The fourth-order valence-electron chi connectivity index (χ4n) is 1.31. The SMILES string of the molecule is C=CC(C)Nc1nc(Cl)nc(N(CC)CC)n1. The van der Waals surface area contributed by atoms with Crippen molar-refractivity contribution in [2.75, 3.05) is 23.3 Å². The van der Waals surface area contributed by atoms with Crippen LogP contribution < -0.4 is 10.2 Å². The van der Waals surface area contributed by atoms with E-state index in [1.807, 2.05) is 25.7 Å². The van der Waals surface area contributed by atoms with Crippen LogP contribution >= 0.6 is 11.6 Å². The molecule has 5 nitrogen and oxygen atoms in total. The van der Waals surface area contributed by atoms with E-state index in [-0.39, 0.29) is 11.3 Å². The maximum Gasteiger partial charge on any atom is 0.231 e. The van der Waals surface area contributed by atoms with E-state index in [2.05, 4.69) is 26.8 Å². The highest BCUT2D eigenvalue weighted by atomic mass is 35.5. The van der Waals surface area contributed by atoms with Gasteiger partial charge in [0.05, 0.1) is 0 Å². The van der Waals surface area contributed by atoms with Crippen LogP contribution in [-0.2, 0) is 0 Å². The highest BCUT2D eigenvalue weighted by molar-refractivity contribution is 6.28. The van der Waals surface area contributed by atoms with Crippen molar-refractivity contribution < 1.29 is 0 Å². The van der Waals surface area contributed by atoms with E-state index in [9.17, 15) is 0 Å². The van der Waals surface area contributed by atoms with E-state index in [1.165, 1.54) is 0 Å². The van der Waals surface area contributed by atoms with Gasteiger partial charge in [-0.15, -0.1) is 6.58 Å². The van der Waals surface area contributed by atoms with Crippen LogP contribution in [0.5, 0.6) is 0 Å². The third-order valence-corrected chi connectivity index (χ3v) is 2.52. The van der Waals surface area contributed by atoms with Gasteiger partial charge in [0.1, 0.15) is 0 Å². The summed E-state index contributed by atoms with van der Waals surface area (Å²) in [6.45, 7) is 11.4. The number of nitrogens with one attached hydrogen (secondary N) is 1. The van der Waals surface area contributed by atoms with Crippen molar-refractivity contribution in [2.45, 2.75) is 26.8 Å². The van der Waals surface area contributed by atoms with E-state index in [0.29, 0.717) is 11.9 Å². The van der Waals surface area contributed by atoms with Gasteiger partial charge in [0.25, 0.3) is 0 Å². The Hall–Kier alpha value is -1.36. The van der Waals surface area contributed by atoms with Crippen molar-refractivity contribution in [3.8, 4) is 0 Å². The third kappa shape index (κ3) is 3.85. The molecule has 0 aliphatic heterocycles. The van der Waals surface area contributed by atoms with Crippen LogP contribution in [0.25, 0.3) is 0 Å². The maximum atomic E-state index is 5.88. The summed E-state index contributed by atoms with van der Waals surface area (Å²) in [5, 5.41) is 3.28. The number of anilines is 2. The molecule has 0 radical (unpaired) electrons. The van der Waals surface area contributed by atoms with Crippen LogP contribution in [0.15, 0.2) is 12.7 Å². The first kappa shape index (κ1) is 13.7. The summed E-state index contributed by atoms with van der Waals surface area (Å²) in [5.74, 6) is 1.06. The van der Waals surface area contributed by atoms with Crippen LogP contribution in [-0.4, -0.2) is 34.1 Å². The molecule has 94 valence electrons. The summed E-state index contributed by atoms with van der Waals surface area (Å²) >= 11 is 5.88. The predicted molar refractivity (Wildman–Crippen MR) is 71.7 cm³/mol. The molecule has 0 amide bonds. The van der Waals surface area contributed by atoms with Crippen molar-refractivity contribution >= 4 is 23.5 Å². The number of hydrogen-bond donors (Lipinski definition) is 1. The Morgan fingerprint density at radius 1 is 1.35 bits per heavy atom. The molecular weight excluding hydrogens is 238 g/mol. The molecule has 1 unspecified atom stereocenters. The van der Waals surface area contributed by atoms with Gasteiger partial charge in [-0.05, 0) is 32.4 Å². The highest BCUT2D eigenvalue weighted by Gasteiger charge is 2.10. The molecule has 0 saturated carbocycles. The molecule has 0 aliphatic carbocycles. The molecular formula is C11H18ClN5. The Kier molecular flexibility index (Phi) is 5.15. The largest absolute Gasteiger partial charge is 0.348 e. The number of hydrogen-bond acceptors (Lipinski definition) is 5. The Morgan fingerprint density at radius 3 is 2.53 bits per heavy atom. The third-order valence-electron chi connectivity index (χ3n) is 2.35. The zero-order valence-electron chi connectivity index (χ0n) is 10.4. The second-order valence-electron chi connectivity index (χ2n) is 3.57. The lowest BCUT2D eigenvalue weighted by Gasteiger charge is -2.19. The molecule has 0 saturated heterocycles. The summed E-state index contributed by atoms with van der Waals surface area (Å²) in [6.07, 6.45) is 1.77. The number of nitrogens with zero attached hydrogens (tertiary/aromatic N) is 4. The van der Waals surface area contributed by atoms with Gasteiger partial charge in [-0.3, -0.25) is 0 Å². The van der Waals surface area contributed by atoms with Crippen LogP contribution in [0, 0.1) is 0 Å². The van der Waals surface area contributed by atoms with Gasteiger partial charge in [-0.2, -0.15) is 15.0 Å². The summed E-state index contributed by atoms with van der Waals surface area (Å²) in [7, 11) is 0. The van der Waals surface area contributed by atoms with Gasteiger partial charge in [0.15, 0.2) is 0 Å². The van der Waals surface area contributed by atoms with E-state index in [4.69, 9.17) is 11.6 Å². The minimum absolute atomic E-state index is 0.0815. The molecule has 1 rings (SSSR count). The smallest absolute Gasteiger partial charge is 0.231 e. The first-order chi connectivity index (χ1) is 8.10. The van der Waals surface area contributed by atoms with Crippen molar-refractivity contribution in [2.24, 2.45) is 0 Å². The minimum Gasteiger partial charge on any atom is -0.348 e. The quantitative estimate of drug-likeness (QED) is 0.791. The van der Waals surface area contributed by atoms with E-state index in [0.717, 1.165) is 13.1 Å². The molecule has 6 heteroatoms. The molecule has 0 aliphatic rings. The molecule has 0 spiro atoms. The lowest BCUT2D eigenvalue weighted by atomic mass is 10.3. The fourth-order valence-corrected chi connectivity index (χ4v) is 1.47. The van der Waals surface area contributed by atoms with Gasteiger partial charge in [-0.25, -0.2) is 0 Å². The van der Waals surface area contributed by atoms with Crippen LogP contribution in [0.2, 0.25) is 5.28 Å². The van der Waals surface area contributed by atoms with E-state index >= 15 is 0 Å². The number of rotatable bonds is 6. The zero-order chi connectivity index (χ0) is 12.8. The molecule has 0 fully saturated rings.